The van der Waals surface area contributed by atoms with Gasteiger partial charge in [-0.2, -0.15) is 0 Å². The van der Waals surface area contributed by atoms with Crippen LogP contribution in [0, 0.1) is 0 Å². The Bertz CT molecular complexity index is 1320. The molecule has 0 fully saturated rings. The molecule has 2 aromatic carbocycles. The van der Waals surface area contributed by atoms with Crippen molar-refractivity contribution in [3.63, 3.8) is 0 Å². The second kappa shape index (κ2) is 8.39. The zero-order valence-electron chi connectivity index (χ0n) is 16.4. The second-order valence-corrected chi connectivity index (χ2v) is 7.11. The molecule has 0 atom stereocenters. The molecule has 0 saturated heterocycles. The zero-order chi connectivity index (χ0) is 21.1. The number of benzene rings is 2. The van der Waals surface area contributed by atoms with Gasteiger partial charge in [-0.15, -0.1) is 0 Å². The molecule has 2 aromatic heterocycles. The van der Waals surface area contributed by atoms with Gasteiger partial charge >= 0.3 is 0 Å². The van der Waals surface area contributed by atoms with Gasteiger partial charge in [-0.05, 0) is 59.0 Å². The van der Waals surface area contributed by atoms with E-state index in [4.69, 9.17) is 16.3 Å². The fraction of sp³-hybridized carbons (Fsp3) is 0.0400. The number of halogens is 1. The molecule has 0 aliphatic heterocycles. The number of methoxy groups -OCH3 is 1. The van der Waals surface area contributed by atoms with Crippen LogP contribution in [0.3, 0.4) is 0 Å². The van der Waals surface area contributed by atoms with Crippen molar-refractivity contribution in [2.45, 2.75) is 0 Å². The van der Waals surface area contributed by atoms with Gasteiger partial charge in [0.2, 0.25) is 0 Å². The number of pyridine rings is 2. The first kappa shape index (κ1) is 19.7. The predicted octanol–water partition coefficient (Wildman–Crippen LogP) is 5.77. The van der Waals surface area contributed by atoms with Gasteiger partial charge in [0, 0.05) is 10.4 Å². The molecular formula is C25H19ClN2O2. The van der Waals surface area contributed by atoms with Crippen LogP contribution in [0.15, 0.2) is 90.4 Å². The second-order valence-electron chi connectivity index (χ2n) is 6.67. The maximum Gasteiger partial charge on any atom is 0.264 e. The number of allylic oxidation sites excluding steroid dienone is 2. The van der Waals surface area contributed by atoms with Crippen LogP contribution < -0.4 is 10.3 Å². The van der Waals surface area contributed by atoms with Gasteiger partial charge in [-0.25, -0.2) is 4.98 Å². The highest BCUT2D eigenvalue weighted by molar-refractivity contribution is 6.30. The van der Waals surface area contributed by atoms with E-state index in [1.807, 2.05) is 60.7 Å². The first-order chi connectivity index (χ1) is 14.6. The Morgan fingerprint density at radius 3 is 2.63 bits per heavy atom. The molecule has 0 aliphatic carbocycles. The molecule has 0 spiro atoms. The molecule has 0 aliphatic rings. The van der Waals surface area contributed by atoms with Crippen LogP contribution in [-0.4, -0.2) is 16.7 Å². The molecule has 0 saturated carbocycles. The Labute approximate surface area is 179 Å². The van der Waals surface area contributed by atoms with Gasteiger partial charge in [0.05, 0.1) is 19.0 Å². The van der Waals surface area contributed by atoms with E-state index in [1.54, 1.807) is 36.1 Å². The number of hydrogen-bond acceptors (Lipinski definition) is 3. The van der Waals surface area contributed by atoms with Gasteiger partial charge in [0.1, 0.15) is 11.6 Å². The zero-order valence-corrected chi connectivity index (χ0v) is 17.1. The number of hydrogen-bond donors (Lipinski definition) is 0. The molecule has 0 radical (unpaired) electrons. The lowest BCUT2D eigenvalue weighted by Crippen LogP contribution is -2.22. The minimum Gasteiger partial charge on any atom is -0.495 e. The van der Waals surface area contributed by atoms with Gasteiger partial charge in [-0.1, -0.05) is 54.6 Å². The first-order valence-corrected chi connectivity index (χ1v) is 9.74. The van der Waals surface area contributed by atoms with Gasteiger partial charge in [0.25, 0.3) is 5.56 Å². The third-order valence-corrected chi connectivity index (χ3v) is 5.03. The van der Waals surface area contributed by atoms with E-state index in [1.165, 1.54) is 0 Å². The summed E-state index contributed by atoms with van der Waals surface area (Å²) < 4.78 is 6.80. The standard InChI is InChI=1S/C25H19ClN2O2/c1-3-18(13-17-7-6-9-20(26)14-17)23-15-19-8-4-5-10-22(19)25(29)28(23)24-12-11-21(30-2)16-27-24/h3-16H,1H2,2H3. The van der Waals surface area contributed by atoms with Crippen LogP contribution in [-0.2, 0) is 0 Å². The van der Waals surface area contributed by atoms with Crippen molar-refractivity contribution in [2.75, 3.05) is 7.11 Å². The molecule has 30 heavy (non-hydrogen) atoms. The van der Waals surface area contributed by atoms with E-state index in [2.05, 4.69) is 11.6 Å². The fourth-order valence-electron chi connectivity index (χ4n) is 3.34. The number of ether oxygens (including phenoxy) is 1. The topological polar surface area (TPSA) is 44.1 Å². The van der Waals surface area contributed by atoms with Gasteiger partial charge in [0.15, 0.2) is 0 Å². The van der Waals surface area contributed by atoms with Crippen molar-refractivity contribution in [3.8, 4) is 11.6 Å². The average molecular weight is 415 g/mol. The van der Waals surface area contributed by atoms with Crippen molar-refractivity contribution >= 4 is 34.0 Å². The normalized spacial score (nSPS) is 11.5. The SMILES string of the molecule is C=CC(=Cc1cccc(Cl)c1)c1cc2ccccc2c(=O)n1-c1ccc(OC)cn1. The smallest absolute Gasteiger partial charge is 0.264 e. The van der Waals surface area contributed by atoms with Crippen LogP contribution >= 0.6 is 11.6 Å². The number of rotatable bonds is 5. The Kier molecular flexibility index (Phi) is 5.50. The van der Waals surface area contributed by atoms with Gasteiger partial charge in [-0.3, -0.25) is 9.36 Å². The lowest BCUT2D eigenvalue weighted by molar-refractivity contribution is 0.412. The summed E-state index contributed by atoms with van der Waals surface area (Å²) in [5.74, 6) is 1.12. The number of nitrogens with zero attached hydrogens (tertiary/aromatic N) is 2. The van der Waals surface area contributed by atoms with Crippen molar-refractivity contribution in [1.29, 1.82) is 0 Å². The van der Waals surface area contributed by atoms with E-state index in [9.17, 15) is 4.79 Å². The summed E-state index contributed by atoms with van der Waals surface area (Å²) in [6, 6.07) is 20.5. The van der Waals surface area contributed by atoms with Crippen molar-refractivity contribution < 1.29 is 4.74 Å². The minimum atomic E-state index is -0.153. The summed E-state index contributed by atoms with van der Waals surface area (Å²) in [5.41, 5.74) is 2.22. The Balaban J connectivity index is 2.01. The molecular weight excluding hydrogens is 396 g/mol. The summed E-state index contributed by atoms with van der Waals surface area (Å²) in [6.07, 6.45) is 5.27. The summed E-state index contributed by atoms with van der Waals surface area (Å²) in [4.78, 5) is 17.9. The quantitative estimate of drug-likeness (QED) is 0.389. The molecule has 0 unspecified atom stereocenters. The molecule has 4 rings (SSSR count). The third-order valence-electron chi connectivity index (χ3n) is 4.80. The molecule has 5 heteroatoms. The van der Waals surface area contributed by atoms with Crippen LogP contribution in [0.1, 0.15) is 11.3 Å². The Morgan fingerprint density at radius 2 is 1.93 bits per heavy atom. The highest BCUT2D eigenvalue weighted by Crippen LogP contribution is 2.25. The summed E-state index contributed by atoms with van der Waals surface area (Å²) in [5, 5.41) is 2.10. The monoisotopic (exact) mass is 414 g/mol. The van der Waals surface area contributed by atoms with Crippen LogP contribution in [0.5, 0.6) is 5.75 Å². The van der Waals surface area contributed by atoms with Crippen LogP contribution in [0.25, 0.3) is 28.2 Å². The third kappa shape index (κ3) is 3.78. The van der Waals surface area contributed by atoms with Crippen LogP contribution in [0.2, 0.25) is 5.02 Å². The minimum absolute atomic E-state index is 0.153. The highest BCUT2D eigenvalue weighted by Gasteiger charge is 2.14. The molecule has 4 nitrogen and oxygen atoms in total. The van der Waals surface area contributed by atoms with Crippen molar-refractivity contribution in [1.82, 2.24) is 9.55 Å². The lowest BCUT2D eigenvalue weighted by Gasteiger charge is -2.15. The average Bonchev–Trinajstić information content (AvgIpc) is 2.78. The van der Waals surface area contributed by atoms with E-state index >= 15 is 0 Å². The summed E-state index contributed by atoms with van der Waals surface area (Å²) >= 11 is 6.14. The summed E-state index contributed by atoms with van der Waals surface area (Å²) in [7, 11) is 1.58. The number of fused-ring (bicyclic) bond motifs is 1. The first-order valence-electron chi connectivity index (χ1n) is 9.36. The maximum absolute atomic E-state index is 13.4. The van der Waals surface area contributed by atoms with Gasteiger partial charge < -0.3 is 4.74 Å². The van der Waals surface area contributed by atoms with Crippen molar-refractivity contribution in [3.05, 3.63) is 112 Å². The Hall–Kier alpha value is -3.63. The largest absolute Gasteiger partial charge is 0.495 e. The molecule has 0 amide bonds. The molecule has 148 valence electrons. The van der Waals surface area contributed by atoms with E-state index in [0.29, 0.717) is 27.7 Å². The Morgan fingerprint density at radius 1 is 1.10 bits per heavy atom. The maximum atomic E-state index is 13.4. The van der Waals surface area contributed by atoms with E-state index < -0.39 is 0 Å². The molecule has 0 N–H and O–H groups in total. The van der Waals surface area contributed by atoms with Crippen LogP contribution in [0.4, 0.5) is 0 Å². The molecule has 0 bridgehead atoms. The van der Waals surface area contributed by atoms with E-state index in [-0.39, 0.29) is 5.56 Å². The molecule has 4 aromatic rings. The lowest BCUT2D eigenvalue weighted by atomic mass is 10.0. The highest BCUT2D eigenvalue weighted by atomic mass is 35.5. The molecule has 2 heterocycles. The van der Waals surface area contributed by atoms with E-state index in [0.717, 1.165) is 16.5 Å². The van der Waals surface area contributed by atoms with Crippen molar-refractivity contribution in [2.24, 2.45) is 0 Å². The predicted molar refractivity (Wildman–Crippen MR) is 123 cm³/mol. The fourth-order valence-corrected chi connectivity index (χ4v) is 3.54. The summed E-state index contributed by atoms with van der Waals surface area (Å²) in [6.45, 7) is 3.97. The number of aromatic nitrogens is 2.